The lowest BCUT2D eigenvalue weighted by atomic mass is 10.1. The molecule has 0 atom stereocenters. The summed E-state index contributed by atoms with van der Waals surface area (Å²) < 4.78 is 8.56. The minimum absolute atomic E-state index is 0. The van der Waals surface area contributed by atoms with Crippen molar-refractivity contribution in [1.29, 1.82) is 0 Å². The molecule has 1 N–H and O–H groups in total. The Kier molecular flexibility index (Phi) is 6.35. The molecule has 10 heteroatoms. The number of non-ortho nitro benzene ring substituents is 1. The number of nitro groups is 1. The van der Waals surface area contributed by atoms with Gasteiger partial charge in [0.1, 0.15) is 10.4 Å². The van der Waals surface area contributed by atoms with E-state index in [1.54, 1.807) is 12.1 Å². The van der Waals surface area contributed by atoms with E-state index < -0.39 is 0 Å². The summed E-state index contributed by atoms with van der Waals surface area (Å²) in [5.74, 6) is 0.533. The largest absolute Gasteiger partial charge is 0.495 e. The van der Waals surface area contributed by atoms with Crippen LogP contribution in [0.4, 0.5) is 5.69 Å². The number of benzene rings is 2. The zero-order valence-electron chi connectivity index (χ0n) is 16.9. The SMILES string of the molecule is CCN(CC)CCn1[nH]c2c3c(=O)ccc(OC)c3sc3c([N+](=O)[O-])ccc1c32.Cl. The van der Waals surface area contributed by atoms with Gasteiger partial charge in [0.05, 0.1) is 39.7 Å². The van der Waals surface area contributed by atoms with E-state index in [9.17, 15) is 14.9 Å². The van der Waals surface area contributed by atoms with Gasteiger partial charge in [0.25, 0.3) is 5.69 Å². The topological polar surface area (TPSA) is 93.4 Å². The molecule has 160 valence electrons. The summed E-state index contributed by atoms with van der Waals surface area (Å²) in [5.41, 5.74) is 1.37. The average molecular weight is 451 g/mol. The highest BCUT2D eigenvalue weighted by molar-refractivity contribution is 7.25. The lowest BCUT2D eigenvalue weighted by Gasteiger charge is -2.18. The highest BCUT2D eigenvalue weighted by Gasteiger charge is 2.23. The minimum atomic E-state index is -0.378. The predicted molar refractivity (Wildman–Crippen MR) is 124 cm³/mol. The van der Waals surface area contributed by atoms with Crippen molar-refractivity contribution in [3.05, 3.63) is 44.6 Å². The smallest absolute Gasteiger partial charge is 0.287 e. The highest BCUT2D eigenvalue weighted by Crippen LogP contribution is 2.42. The van der Waals surface area contributed by atoms with Crippen LogP contribution in [0.1, 0.15) is 13.8 Å². The van der Waals surface area contributed by atoms with Crippen LogP contribution in [-0.2, 0) is 6.54 Å². The first-order valence-corrected chi connectivity index (χ1v) is 10.3. The van der Waals surface area contributed by atoms with Gasteiger partial charge in [-0.15, -0.1) is 23.7 Å². The number of hydrogen-bond donors (Lipinski definition) is 1. The zero-order valence-corrected chi connectivity index (χ0v) is 18.6. The minimum Gasteiger partial charge on any atom is -0.495 e. The van der Waals surface area contributed by atoms with Crippen molar-refractivity contribution in [2.24, 2.45) is 0 Å². The molecule has 4 aromatic rings. The quantitative estimate of drug-likeness (QED) is 0.256. The number of aromatic amines is 1. The summed E-state index contributed by atoms with van der Waals surface area (Å²) in [5, 5.41) is 16.2. The summed E-state index contributed by atoms with van der Waals surface area (Å²) in [6, 6.07) is 6.39. The molecule has 0 fully saturated rings. The maximum absolute atomic E-state index is 12.7. The number of rotatable bonds is 7. The fourth-order valence-corrected chi connectivity index (χ4v) is 5.13. The molecule has 30 heavy (non-hydrogen) atoms. The van der Waals surface area contributed by atoms with Gasteiger partial charge in [-0.25, -0.2) is 0 Å². The van der Waals surface area contributed by atoms with Crippen LogP contribution in [0.25, 0.3) is 31.2 Å². The molecule has 0 bridgehead atoms. The molecule has 8 nitrogen and oxygen atoms in total. The number of ether oxygens (including phenoxy) is 1. The molecular formula is C20H23ClN4O4S. The molecule has 2 heterocycles. The number of halogens is 1. The Morgan fingerprint density at radius 1 is 1.17 bits per heavy atom. The highest BCUT2D eigenvalue weighted by atomic mass is 35.5. The lowest BCUT2D eigenvalue weighted by Crippen LogP contribution is -2.27. The van der Waals surface area contributed by atoms with E-state index in [0.717, 1.165) is 30.5 Å². The van der Waals surface area contributed by atoms with Crippen LogP contribution in [0.15, 0.2) is 29.1 Å². The van der Waals surface area contributed by atoms with Gasteiger partial charge >= 0.3 is 0 Å². The first-order valence-electron chi connectivity index (χ1n) is 9.51. The van der Waals surface area contributed by atoms with Crippen molar-refractivity contribution >= 4 is 60.6 Å². The van der Waals surface area contributed by atoms with Gasteiger partial charge in [0.15, 0.2) is 5.43 Å². The van der Waals surface area contributed by atoms with E-state index >= 15 is 0 Å². The van der Waals surface area contributed by atoms with Gasteiger partial charge in [-0.1, -0.05) is 13.8 Å². The van der Waals surface area contributed by atoms with Gasteiger partial charge in [-0.2, -0.15) is 0 Å². The number of aromatic nitrogens is 2. The summed E-state index contributed by atoms with van der Waals surface area (Å²) in [6.45, 7) is 7.64. The number of nitro benzene ring substituents is 1. The third kappa shape index (κ3) is 3.42. The number of methoxy groups -OCH3 is 1. The number of H-pyrrole nitrogens is 1. The molecule has 0 radical (unpaired) electrons. The molecule has 0 saturated heterocycles. The number of nitrogens with zero attached hydrogens (tertiary/aromatic N) is 3. The molecule has 0 aliphatic carbocycles. The van der Waals surface area contributed by atoms with Crippen LogP contribution in [0, 0.1) is 10.1 Å². The van der Waals surface area contributed by atoms with Gasteiger partial charge in [0.2, 0.25) is 0 Å². The Hall–Kier alpha value is -2.62. The Morgan fingerprint density at radius 3 is 2.53 bits per heavy atom. The van der Waals surface area contributed by atoms with Crippen molar-refractivity contribution in [3.63, 3.8) is 0 Å². The Morgan fingerprint density at radius 2 is 1.90 bits per heavy atom. The van der Waals surface area contributed by atoms with E-state index in [0.29, 0.717) is 32.6 Å². The van der Waals surface area contributed by atoms with Crippen LogP contribution in [0.5, 0.6) is 5.75 Å². The monoisotopic (exact) mass is 450 g/mol. The third-order valence-corrected chi connectivity index (χ3v) is 6.62. The van der Waals surface area contributed by atoms with Crippen molar-refractivity contribution in [2.45, 2.75) is 20.4 Å². The second-order valence-electron chi connectivity index (χ2n) is 6.80. The van der Waals surface area contributed by atoms with Crippen LogP contribution in [-0.4, -0.2) is 46.3 Å². The van der Waals surface area contributed by atoms with Gasteiger partial charge < -0.3 is 9.64 Å². The van der Waals surface area contributed by atoms with Crippen LogP contribution >= 0.6 is 23.7 Å². The van der Waals surface area contributed by atoms with Crippen molar-refractivity contribution in [1.82, 2.24) is 14.7 Å². The maximum atomic E-state index is 12.7. The molecular weight excluding hydrogens is 428 g/mol. The molecule has 0 aliphatic rings. The van der Waals surface area contributed by atoms with E-state index in [1.807, 2.05) is 4.68 Å². The van der Waals surface area contributed by atoms with Gasteiger partial charge in [-0.05, 0) is 31.3 Å². The van der Waals surface area contributed by atoms with Crippen molar-refractivity contribution < 1.29 is 9.66 Å². The molecule has 0 unspecified atom stereocenters. The van der Waals surface area contributed by atoms with Crippen molar-refractivity contribution in [2.75, 3.05) is 26.7 Å². The van der Waals surface area contributed by atoms with E-state index in [-0.39, 0.29) is 28.4 Å². The normalized spacial score (nSPS) is 11.5. The second-order valence-corrected chi connectivity index (χ2v) is 7.82. The third-order valence-electron chi connectivity index (χ3n) is 5.39. The summed E-state index contributed by atoms with van der Waals surface area (Å²) in [7, 11) is 1.53. The zero-order chi connectivity index (χ0) is 20.7. The molecule has 0 saturated carbocycles. The van der Waals surface area contributed by atoms with Gasteiger partial charge in [-0.3, -0.25) is 24.7 Å². The molecule has 0 amide bonds. The van der Waals surface area contributed by atoms with E-state index in [4.69, 9.17) is 4.74 Å². The fourth-order valence-electron chi connectivity index (χ4n) is 3.81. The first kappa shape index (κ1) is 22.1. The van der Waals surface area contributed by atoms with E-state index in [2.05, 4.69) is 23.8 Å². The van der Waals surface area contributed by atoms with E-state index in [1.165, 1.54) is 30.6 Å². The number of likely N-dealkylation sites (N-methyl/N-ethyl adjacent to an activating group) is 1. The van der Waals surface area contributed by atoms with Crippen LogP contribution in [0.3, 0.4) is 0 Å². The lowest BCUT2D eigenvalue weighted by molar-refractivity contribution is -0.382. The van der Waals surface area contributed by atoms with Crippen LogP contribution < -0.4 is 10.2 Å². The molecule has 4 rings (SSSR count). The van der Waals surface area contributed by atoms with Crippen LogP contribution in [0.2, 0.25) is 0 Å². The molecule has 2 aromatic heterocycles. The number of nitrogens with one attached hydrogen (secondary N) is 1. The Labute approximate surface area is 182 Å². The fraction of sp³-hybridized carbons (Fsp3) is 0.350. The first-order chi connectivity index (χ1) is 14.0. The number of hydrogen-bond acceptors (Lipinski definition) is 6. The summed E-state index contributed by atoms with van der Waals surface area (Å²) in [6.07, 6.45) is 0. The Balaban J connectivity index is 0.00000256. The summed E-state index contributed by atoms with van der Waals surface area (Å²) >= 11 is 1.23. The maximum Gasteiger partial charge on any atom is 0.287 e. The molecule has 0 spiro atoms. The predicted octanol–water partition coefficient (Wildman–Crippen LogP) is 4.38. The molecule has 0 aliphatic heterocycles. The van der Waals surface area contributed by atoms with Crippen molar-refractivity contribution in [3.8, 4) is 5.75 Å². The standard InChI is InChI=1S/C20H22N4O4S.ClH/c1-4-22(5-2)10-11-23-12-6-7-13(24(26)27)19-16(12)18(21-23)17-14(25)8-9-15(28-3)20(17)29-19;/h6-9,21H,4-5,10-11H2,1-3H3;1H. The summed E-state index contributed by atoms with van der Waals surface area (Å²) in [4.78, 5) is 26.3. The van der Waals surface area contributed by atoms with Gasteiger partial charge in [0, 0.05) is 18.0 Å². The second kappa shape index (κ2) is 8.63. The average Bonchev–Trinajstić information content (AvgIpc) is 3.08. The number of fused-ring (bicyclic) bond motifs is 2. The molecule has 2 aromatic carbocycles. The Bertz CT molecular complexity index is 1290.